The maximum Gasteiger partial charge on any atom is 0.261 e. The van der Waals surface area contributed by atoms with Crippen LogP contribution in [0.25, 0.3) is 0 Å². The fraction of sp³-hybridized carbons (Fsp3) is 0.278. The Labute approximate surface area is 160 Å². The number of aryl methyl sites for hydroxylation is 1. The Hall–Kier alpha value is -2.09. The molecule has 0 aliphatic carbocycles. The van der Waals surface area contributed by atoms with E-state index in [-0.39, 0.29) is 40.5 Å². The number of rotatable bonds is 7. The number of carbonyl (C=O) groups excluding carboxylic acids is 1. The van der Waals surface area contributed by atoms with Crippen molar-refractivity contribution in [3.8, 4) is 0 Å². The molecule has 0 aliphatic rings. The van der Waals surface area contributed by atoms with Gasteiger partial charge in [0.1, 0.15) is 0 Å². The fourth-order valence-corrected chi connectivity index (χ4v) is 3.28. The van der Waals surface area contributed by atoms with E-state index in [0.29, 0.717) is 13.0 Å². The molecule has 0 spiro atoms. The highest BCUT2D eigenvalue weighted by molar-refractivity contribution is 7.92. The van der Waals surface area contributed by atoms with Gasteiger partial charge in [-0.15, -0.1) is 12.4 Å². The van der Waals surface area contributed by atoms with Crippen molar-refractivity contribution in [1.29, 1.82) is 0 Å². The van der Waals surface area contributed by atoms with Gasteiger partial charge >= 0.3 is 0 Å². The minimum absolute atomic E-state index is 0. The quantitative estimate of drug-likeness (QED) is 0.668. The molecule has 0 saturated carbocycles. The van der Waals surface area contributed by atoms with Crippen LogP contribution in [0.15, 0.2) is 53.4 Å². The number of hydrogen-bond acceptors (Lipinski definition) is 4. The first kappa shape index (κ1) is 22.0. The Morgan fingerprint density at radius 2 is 1.73 bits per heavy atom. The lowest BCUT2D eigenvalue weighted by atomic mass is 10.1. The van der Waals surface area contributed by atoms with Crippen LogP contribution in [-0.4, -0.2) is 26.9 Å². The van der Waals surface area contributed by atoms with E-state index < -0.39 is 10.0 Å². The van der Waals surface area contributed by atoms with E-state index in [2.05, 4.69) is 10.0 Å². The normalized spacial score (nSPS) is 12.0. The Morgan fingerprint density at radius 1 is 1.12 bits per heavy atom. The highest BCUT2D eigenvalue weighted by Gasteiger charge is 2.18. The van der Waals surface area contributed by atoms with E-state index >= 15 is 0 Å². The number of benzene rings is 2. The highest BCUT2D eigenvalue weighted by Crippen LogP contribution is 2.20. The number of anilines is 1. The van der Waals surface area contributed by atoms with Gasteiger partial charge in [-0.05, 0) is 44.5 Å². The summed E-state index contributed by atoms with van der Waals surface area (Å²) in [6.07, 6.45) is 0.642. The van der Waals surface area contributed by atoms with Gasteiger partial charge in [-0.1, -0.05) is 29.8 Å². The van der Waals surface area contributed by atoms with Crippen LogP contribution in [0.2, 0.25) is 0 Å². The van der Waals surface area contributed by atoms with Crippen LogP contribution in [0.3, 0.4) is 0 Å². The predicted octanol–water partition coefficient (Wildman–Crippen LogP) is 2.68. The van der Waals surface area contributed by atoms with Gasteiger partial charge in [-0.25, -0.2) is 8.42 Å². The minimum Gasteiger partial charge on any atom is -0.352 e. The van der Waals surface area contributed by atoms with Crippen molar-refractivity contribution in [2.45, 2.75) is 31.2 Å². The van der Waals surface area contributed by atoms with Crippen LogP contribution >= 0.6 is 12.4 Å². The molecule has 2 aromatic carbocycles. The number of nitrogens with one attached hydrogen (secondary N) is 2. The molecular weight excluding hydrogens is 374 g/mol. The molecule has 6 nitrogen and oxygen atoms in total. The molecule has 0 radical (unpaired) electrons. The average Bonchev–Trinajstić information content (AvgIpc) is 2.55. The van der Waals surface area contributed by atoms with Crippen LogP contribution in [-0.2, 0) is 10.0 Å². The summed E-state index contributed by atoms with van der Waals surface area (Å²) >= 11 is 0. The molecular formula is C18H24ClN3O3S. The van der Waals surface area contributed by atoms with Gasteiger partial charge in [0.2, 0.25) is 0 Å². The van der Waals surface area contributed by atoms with Crippen LogP contribution in [0.1, 0.15) is 29.3 Å². The molecule has 2 rings (SSSR count). The molecule has 8 heteroatoms. The van der Waals surface area contributed by atoms with E-state index in [1.165, 1.54) is 12.1 Å². The molecule has 0 fully saturated rings. The summed E-state index contributed by atoms with van der Waals surface area (Å²) in [4.78, 5) is 12.5. The third kappa shape index (κ3) is 6.01. The number of sulfonamides is 1. The van der Waals surface area contributed by atoms with Gasteiger partial charge in [0.25, 0.3) is 15.9 Å². The maximum absolute atomic E-state index is 12.5. The first-order valence-electron chi connectivity index (χ1n) is 8.02. The van der Waals surface area contributed by atoms with E-state index in [1.807, 2.05) is 13.8 Å². The number of nitrogens with two attached hydrogens (primary N) is 1. The molecule has 2 aromatic rings. The molecule has 26 heavy (non-hydrogen) atoms. The van der Waals surface area contributed by atoms with Gasteiger partial charge in [0.15, 0.2) is 0 Å². The van der Waals surface area contributed by atoms with Gasteiger partial charge in [0.05, 0.1) is 16.1 Å². The summed E-state index contributed by atoms with van der Waals surface area (Å²) in [6.45, 7) is 4.16. The van der Waals surface area contributed by atoms with Crippen LogP contribution < -0.4 is 15.8 Å². The Balaban J connectivity index is 0.00000338. The zero-order valence-corrected chi connectivity index (χ0v) is 16.4. The smallest absolute Gasteiger partial charge is 0.261 e. The number of hydrogen-bond donors (Lipinski definition) is 3. The lowest BCUT2D eigenvalue weighted by molar-refractivity contribution is 0.0953. The minimum atomic E-state index is -3.77. The largest absolute Gasteiger partial charge is 0.352 e. The maximum atomic E-state index is 12.5. The van der Waals surface area contributed by atoms with Gasteiger partial charge in [-0.3, -0.25) is 9.52 Å². The van der Waals surface area contributed by atoms with Crippen molar-refractivity contribution in [3.63, 3.8) is 0 Å². The second kappa shape index (κ2) is 9.56. The lowest BCUT2D eigenvalue weighted by Gasteiger charge is -2.13. The third-order valence-corrected chi connectivity index (χ3v) is 5.01. The van der Waals surface area contributed by atoms with E-state index in [1.54, 1.807) is 36.4 Å². The number of para-hydroxylation sites is 1. The van der Waals surface area contributed by atoms with Crippen molar-refractivity contribution < 1.29 is 13.2 Å². The van der Waals surface area contributed by atoms with E-state index in [9.17, 15) is 13.2 Å². The SMILES string of the molecule is Cc1ccc(S(=O)(=O)Nc2ccccc2C(=O)NCCC(C)N)cc1.Cl. The molecule has 1 atom stereocenters. The monoisotopic (exact) mass is 397 g/mol. The van der Waals surface area contributed by atoms with Crippen molar-refractivity contribution in [3.05, 3.63) is 59.7 Å². The summed E-state index contributed by atoms with van der Waals surface area (Å²) in [5, 5.41) is 2.75. The van der Waals surface area contributed by atoms with Crippen LogP contribution in [0.5, 0.6) is 0 Å². The Morgan fingerprint density at radius 3 is 2.35 bits per heavy atom. The molecule has 0 aromatic heterocycles. The molecule has 4 N–H and O–H groups in total. The molecule has 1 unspecified atom stereocenters. The van der Waals surface area contributed by atoms with Crippen molar-refractivity contribution in [2.75, 3.05) is 11.3 Å². The zero-order valence-electron chi connectivity index (χ0n) is 14.7. The number of amides is 1. The lowest BCUT2D eigenvalue weighted by Crippen LogP contribution is -2.29. The third-order valence-electron chi connectivity index (χ3n) is 3.63. The molecule has 0 aliphatic heterocycles. The first-order chi connectivity index (χ1) is 11.8. The summed E-state index contributed by atoms with van der Waals surface area (Å²) in [5.41, 5.74) is 7.13. The standard InChI is InChI=1S/C18H23N3O3S.ClH/c1-13-7-9-15(10-8-13)25(23,24)21-17-6-4-3-5-16(17)18(22)20-12-11-14(2)19;/h3-10,14,21H,11-12,19H2,1-2H3,(H,20,22);1H. The number of carbonyl (C=O) groups is 1. The van der Waals surface area contributed by atoms with Gasteiger partial charge in [0, 0.05) is 12.6 Å². The second-order valence-electron chi connectivity index (χ2n) is 5.99. The second-order valence-corrected chi connectivity index (χ2v) is 7.67. The Kier molecular flexibility index (Phi) is 8.08. The summed E-state index contributed by atoms with van der Waals surface area (Å²) in [6, 6.07) is 13.0. The van der Waals surface area contributed by atoms with E-state index in [4.69, 9.17) is 5.73 Å². The van der Waals surface area contributed by atoms with Crippen LogP contribution in [0, 0.1) is 6.92 Å². The molecule has 0 bridgehead atoms. The van der Waals surface area contributed by atoms with Gasteiger partial charge < -0.3 is 11.1 Å². The summed E-state index contributed by atoms with van der Waals surface area (Å²) in [5.74, 6) is -0.345. The molecule has 0 saturated heterocycles. The fourth-order valence-electron chi connectivity index (χ4n) is 2.20. The van der Waals surface area contributed by atoms with Crippen molar-refractivity contribution in [1.82, 2.24) is 5.32 Å². The summed E-state index contributed by atoms with van der Waals surface area (Å²) in [7, 11) is -3.77. The highest BCUT2D eigenvalue weighted by atomic mass is 35.5. The van der Waals surface area contributed by atoms with Crippen molar-refractivity contribution >= 4 is 34.0 Å². The molecule has 142 valence electrons. The zero-order chi connectivity index (χ0) is 18.4. The van der Waals surface area contributed by atoms with E-state index in [0.717, 1.165) is 5.56 Å². The Bertz CT molecular complexity index is 837. The van der Waals surface area contributed by atoms with Gasteiger partial charge in [-0.2, -0.15) is 0 Å². The van der Waals surface area contributed by atoms with Crippen LogP contribution in [0.4, 0.5) is 5.69 Å². The summed E-state index contributed by atoms with van der Waals surface area (Å²) < 4.78 is 27.6. The molecule has 0 heterocycles. The topological polar surface area (TPSA) is 101 Å². The average molecular weight is 398 g/mol. The predicted molar refractivity (Wildman–Crippen MR) is 106 cm³/mol. The van der Waals surface area contributed by atoms with Crippen molar-refractivity contribution in [2.24, 2.45) is 5.73 Å². The number of halogens is 1. The first-order valence-corrected chi connectivity index (χ1v) is 9.50. The molecule has 1 amide bonds.